The van der Waals surface area contributed by atoms with Crippen molar-refractivity contribution in [3.05, 3.63) is 29.8 Å². The molecule has 1 fully saturated rings. The molecule has 2 amide bonds. The number of hydrogen-bond acceptors (Lipinski definition) is 3. The molecule has 0 spiro atoms. The fraction of sp³-hybridized carbons (Fsp3) is 0.588. The van der Waals surface area contributed by atoms with E-state index in [0.29, 0.717) is 13.2 Å². The molecular weight excluding hydrogens is 280 g/mol. The van der Waals surface area contributed by atoms with Crippen LogP contribution in [-0.2, 0) is 0 Å². The Kier molecular flexibility index (Phi) is 4.83. The standard InChI is InChI=1S/C17H24N2O3/c20-15-8-3-5-12(15)11-18-17(21)19-14-7-4-10-22-16-9-2-1-6-13(14)16/h1-2,6,9,12,14-15,20H,3-5,7-8,10-11H2,(H2,18,19,21)/t12-,14+,15-/m0/s1. The summed E-state index contributed by atoms with van der Waals surface area (Å²) < 4.78 is 5.71. The fourth-order valence-electron chi connectivity index (χ4n) is 3.36. The number of carbonyl (C=O) groups excluding carboxylic acids is 1. The van der Waals surface area contributed by atoms with Crippen molar-refractivity contribution in [2.45, 2.75) is 44.2 Å². The highest BCUT2D eigenvalue weighted by atomic mass is 16.5. The first kappa shape index (κ1) is 15.2. The van der Waals surface area contributed by atoms with Gasteiger partial charge < -0.3 is 20.5 Å². The van der Waals surface area contributed by atoms with Crippen LogP contribution in [0.5, 0.6) is 5.75 Å². The van der Waals surface area contributed by atoms with Crippen LogP contribution >= 0.6 is 0 Å². The number of rotatable bonds is 3. The van der Waals surface area contributed by atoms with Crippen LogP contribution in [0.2, 0.25) is 0 Å². The van der Waals surface area contributed by atoms with E-state index in [1.54, 1.807) is 0 Å². The monoisotopic (exact) mass is 304 g/mol. The second-order valence-electron chi connectivity index (χ2n) is 6.19. The van der Waals surface area contributed by atoms with E-state index in [2.05, 4.69) is 10.6 Å². The first-order valence-corrected chi connectivity index (χ1v) is 8.18. The molecule has 1 aromatic carbocycles. The first-order valence-electron chi connectivity index (χ1n) is 8.18. The predicted octanol–water partition coefficient (Wildman–Crippen LogP) is 2.36. The lowest BCUT2D eigenvalue weighted by atomic mass is 10.0. The van der Waals surface area contributed by atoms with Gasteiger partial charge in [-0.05, 0) is 31.7 Å². The molecule has 0 unspecified atom stereocenters. The summed E-state index contributed by atoms with van der Waals surface area (Å²) >= 11 is 0. The summed E-state index contributed by atoms with van der Waals surface area (Å²) in [5.74, 6) is 1.05. The number of aliphatic hydroxyl groups excluding tert-OH is 1. The molecule has 120 valence electrons. The zero-order chi connectivity index (χ0) is 15.4. The molecule has 1 aliphatic carbocycles. The third-order valence-electron chi connectivity index (χ3n) is 4.64. The summed E-state index contributed by atoms with van der Waals surface area (Å²) in [4.78, 5) is 12.2. The van der Waals surface area contributed by atoms with Gasteiger partial charge in [0.25, 0.3) is 0 Å². The van der Waals surface area contributed by atoms with Crippen molar-refractivity contribution in [2.75, 3.05) is 13.2 Å². The fourth-order valence-corrected chi connectivity index (χ4v) is 3.36. The number of aliphatic hydroxyl groups is 1. The van der Waals surface area contributed by atoms with Crippen LogP contribution in [0.1, 0.15) is 43.7 Å². The minimum atomic E-state index is -0.271. The quantitative estimate of drug-likeness (QED) is 0.803. The van der Waals surface area contributed by atoms with E-state index in [9.17, 15) is 9.90 Å². The molecule has 2 aliphatic rings. The van der Waals surface area contributed by atoms with Gasteiger partial charge >= 0.3 is 6.03 Å². The molecule has 3 rings (SSSR count). The molecule has 1 aromatic rings. The zero-order valence-electron chi connectivity index (χ0n) is 12.8. The number of urea groups is 1. The molecule has 1 heterocycles. The number of ether oxygens (including phenoxy) is 1. The van der Waals surface area contributed by atoms with Gasteiger partial charge in [0.1, 0.15) is 5.75 Å². The number of hydrogen-bond donors (Lipinski definition) is 3. The number of para-hydroxylation sites is 1. The normalized spacial score (nSPS) is 27.4. The van der Waals surface area contributed by atoms with Crippen LogP contribution in [0.25, 0.3) is 0 Å². The van der Waals surface area contributed by atoms with Gasteiger partial charge in [0.05, 0.1) is 18.8 Å². The topological polar surface area (TPSA) is 70.6 Å². The van der Waals surface area contributed by atoms with E-state index < -0.39 is 0 Å². The SMILES string of the molecule is O=C(NC[C@@H]1CCC[C@@H]1O)N[C@@H]1CCCOc2ccccc21. The summed E-state index contributed by atoms with van der Waals surface area (Å²) in [5.41, 5.74) is 1.04. The number of fused-ring (bicyclic) bond motifs is 1. The Morgan fingerprint density at radius 3 is 2.91 bits per heavy atom. The molecule has 22 heavy (non-hydrogen) atoms. The van der Waals surface area contributed by atoms with E-state index in [1.165, 1.54) is 0 Å². The van der Waals surface area contributed by atoms with Crippen LogP contribution < -0.4 is 15.4 Å². The summed E-state index contributed by atoms with van der Waals surface area (Å²) in [6, 6.07) is 7.68. The number of nitrogens with one attached hydrogen (secondary N) is 2. The van der Waals surface area contributed by atoms with Gasteiger partial charge in [-0.2, -0.15) is 0 Å². The van der Waals surface area contributed by atoms with Crippen molar-refractivity contribution in [3.63, 3.8) is 0 Å². The van der Waals surface area contributed by atoms with Crippen molar-refractivity contribution >= 4 is 6.03 Å². The molecule has 5 nitrogen and oxygen atoms in total. The van der Waals surface area contributed by atoms with E-state index in [0.717, 1.165) is 43.4 Å². The van der Waals surface area contributed by atoms with Gasteiger partial charge in [0, 0.05) is 18.0 Å². The van der Waals surface area contributed by atoms with Crippen molar-refractivity contribution in [1.29, 1.82) is 0 Å². The number of benzene rings is 1. The highest BCUT2D eigenvalue weighted by molar-refractivity contribution is 5.74. The Morgan fingerprint density at radius 2 is 2.09 bits per heavy atom. The average Bonchev–Trinajstić information content (AvgIpc) is 2.83. The van der Waals surface area contributed by atoms with E-state index in [-0.39, 0.29) is 24.1 Å². The number of amides is 2. The summed E-state index contributed by atoms with van der Waals surface area (Å²) in [5, 5.41) is 15.7. The molecule has 0 radical (unpaired) electrons. The van der Waals surface area contributed by atoms with Crippen molar-refractivity contribution in [1.82, 2.24) is 10.6 Å². The Balaban J connectivity index is 1.57. The lowest BCUT2D eigenvalue weighted by molar-refractivity contribution is 0.132. The Labute approximate surface area is 131 Å². The van der Waals surface area contributed by atoms with Gasteiger partial charge in [0.2, 0.25) is 0 Å². The van der Waals surface area contributed by atoms with E-state index >= 15 is 0 Å². The van der Waals surface area contributed by atoms with E-state index in [1.807, 2.05) is 24.3 Å². The van der Waals surface area contributed by atoms with Gasteiger partial charge in [-0.1, -0.05) is 24.6 Å². The smallest absolute Gasteiger partial charge is 0.315 e. The molecule has 0 saturated heterocycles. The Bertz CT molecular complexity index is 520. The van der Waals surface area contributed by atoms with Crippen LogP contribution in [0.3, 0.4) is 0 Å². The van der Waals surface area contributed by atoms with Gasteiger partial charge in [-0.25, -0.2) is 4.79 Å². The third-order valence-corrected chi connectivity index (χ3v) is 4.64. The highest BCUT2D eigenvalue weighted by Crippen LogP contribution is 2.31. The van der Waals surface area contributed by atoms with Gasteiger partial charge in [-0.15, -0.1) is 0 Å². The molecule has 0 aromatic heterocycles. The number of carbonyl (C=O) groups is 1. The minimum absolute atomic E-state index is 0.0211. The van der Waals surface area contributed by atoms with Crippen molar-refractivity contribution in [2.24, 2.45) is 5.92 Å². The summed E-state index contributed by atoms with van der Waals surface area (Å²) in [6.07, 6.45) is 4.40. The lowest BCUT2D eigenvalue weighted by Crippen LogP contribution is -2.41. The van der Waals surface area contributed by atoms with Crippen molar-refractivity contribution < 1.29 is 14.6 Å². The maximum absolute atomic E-state index is 12.2. The average molecular weight is 304 g/mol. The molecular formula is C17H24N2O3. The third kappa shape index (κ3) is 3.53. The van der Waals surface area contributed by atoms with Crippen LogP contribution in [0, 0.1) is 5.92 Å². The summed E-state index contributed by atoms with van der Waals surface area (Å²) in [6.45, 7) is 1.23. The Morgan fingerprint density at radius 1 is 1.23 bits per heavy atom. The Hall–Kier alpha value is -1.75. The van der Waals surface area contributed by atoms with Gasteiger partial charge in [-0.3, -0.25) is 0 Å². The molecule has 3 N–H and O–H groups in total. The molecule has 1 aliphatic heterocycles. The summed E-state index contributed by atoms with van der Waals surface area (Å²) in [7, 11) is 0. The predicted molar refractivity (Wildman–Crippen MR) is 83.8 cm³/mol. The lowest BCUT2D eigenvalue weighted by Gasteiger charge is -2.20. The second kappa shape index (κ2) is 7.01. The largest absolute Gasteiger partial charge is 0.493 e. The van der Waals surface area contributed by atoms with Crippen molar-refractivity contribution in [3.8, 4) is 5.75 Å². The van der Waals surface area contributed by atoms with Crippen LogP contribution in [0.15, 0.2) is 24.3 Å². The highest BCUT2D eigenvalue weighted by Gasteiger charge is 2.26. The molecule has 1 saturated carbocycles. The van der Waals surface area contributed by atoms with Crippen LogP contribution in [0.4, 0.5) is 4.79 Å². The molecule has 0 bridgehead atoms. The zero-order valence-corrected chi connectivity index (χ0v) is 12.8. The minimum Gasteiger partial charge on any atom is -0.493 e. The van der Waals surface area contributed by atoms with Gasteiger partial charge in [0.15, 0.2) is 0 Å². The maximum atomic E-state index is 12.2. The van der Waals surface area contributed by atoms with E-state index in [4.69, 9.17) is 4.74 Å². The van der Waals surface area contributed by atoms with Crippen LogP contribution in [-0.4, -0.2) is 30.4 Å². The first-order chi connectivity index (χ1) is 10.7. The second-order valence-corrected chi connectivity index (χ2v) is 6.19. The molecule has 5 heteroatoms. The molecule has 3 atom stereocenters. The maximum Gasteiger partial charge on any atom is 0.315 e.